The number of rotatable bonds is 3. The number of hydrogen-bond donors (Lipinski definition) is 1. The van der Waals surface area contributed by atoms with E-state index in [9.17, 15) is 5.11 Å². The van der Waals surface area contributed by atoms with Crippen LogP contribution >= 0.6 is 11.3 Å². The Morgan fingerprint density at radius 1 is 1.14 bits per heavy atom. The largest absolute Gasteiger partial charge is 0.392 e. The summed E-state index contributed by atoms with van der Waals surface area (Å²) in [6.07, 6.45) is 8.54. The number of thiazole rings is 1. The molecular weight excluding hydrogens is 290 g/mol. The number of aliphatic hydroxyl groups is 1. The maximum absolute atomic E-state index is 10.4. The van der Waals surface area contributed by atoms with Gasteiger partial charge in [0.2, 0.25) is 0 Å². The van der Waals surface area contributed by atoms with Crippen LogP contribution in [0.1, 0.15) is 47.6 Å². The Kier molecular flexibility index (Phi) is 5.26. The van der Waals surface area contributed by atoms with Gasteiger partial charge in [0.25, 0.3) is 0 Å². The highest BCUT2D eigenvalue weighted by Gasteiger charge is 2.22. The Morgan fingerprint density at radius 3 is 2.68 bits per heavy atom. The summed E-state index contributed by atoms with van der Waals surface area (Å²) in [6.45, 7) is 0. The Hall–Kier alpha value is -1.63. The molecule has 2 nitrogen and oxygen atoms in total. The molecule has 3 rings (SSSR count). The van der Waals surface area contributed by atoms with Gasteiger partial charge >= 0.3 is 0 Å². The molecule has 1 saturated carbocycles. The predicted octanol–water partition coefficient (Wildman–Crippen LogP) is 4.03. The van der Waals surface area contributed by atoms with Gasteiger partial charge in [-0.1, -0.05) is 43.4 Å². The van der Waals surface area contributed by atoms with Gasteiger partial charge in [-0.3, -0.25) is 0 Å². The zero-order valence-corrected chi connectivity index (χ0v) is 13.5. The van der Waals surface area contributed by atoms with Gasteiger partial charge in [-0.15, -0.1) is 11.3 Å². The molecule has 1 N–H and O–H groups in total. The highest BCUT2D eigenvalue weighted by atomic mass is 32.1. The molecule has 3 heteroatoms. The van der Waals surface area contributed by atoms with Gasteiger partial charge in [0.15, 0.2) is 5.01 Å². The Bertz CT molecular complexity index is 647. The fourth-order valence-electron chi connectivity index (χ4n) is 3.00. The molecule has 0 saturated heterocycles. The minimum absolute atomic E-state index is 0.226. The lowest BCUT2D eigenvalue weighted by Gasteiger charge is -2.26. The molecule has 0 amide bonds. The summed E-state index contributed by atoms with van der Waals surface area (Å²) in [6, 6.07) is 9.94. The molecule has 114 valence electrons. The summed E-state index contributed by atoms with van der Waals surface area (Å²) in [5, 5.41) is 11.2. The Labute approximate surface area is 136 Å². The molecule has 1 atom stereocenters. The highest BCUT2D eigenvalue weighted by Crippen LogP contribution is 2.28. The lowest BCUT2D eigenvalue weighted by molar-refractivity contribution is 0.0857. The lowest BCUT2D eigenvalue weighted by Crippen LogP contribution is -2.24. The van der Waals surface area contributed by atoms with Crippen LogP contribution in [-0.4, -0.2) is 16.2 Å². The number of aliphatic hydroxyl groups excluding tert-OH is 1. The van der Waals surface area contributed by atoms with E-state index in [-0.39, 0.29) is 6.10 Å². The highest BCUT2D eigenvalue weighted by molar-refractivity contribution is 7.12. The zero-order chi connectivity index (χ0) is 15.2. The van der Waals surface area contributed by atoms with Crippen LogP contribution < -0.4 is 0 Å². The normalized spacial score (nSPS) is 16.8. The standard InChI is InChI=1S/C19H21NOS/c21-18(16-9-5-2-6-10-16)13-17-14-20-19(22-17)12-11-15-7-3-1-4-8-15/h1,3-4,7-8,14,16,18,21H,2,5-6,9-10,13H2. The third-order valence-corrected chi connectivity index (χ3v) is 5.18. The minimum Gasteiger partial charge on any atom is -0.392 e. The van der Waals surface area contributed by atoms with Crippen molar-refractivity contribution in [2.45, 2.75) is 44.6 Å². The van der Waals surface area contributed by atoms with Crippen LogP contribution in [0.3, 0.4) is 0 Å². The fourth-order valence-corrected chi connectivity index (χ4v) is 3.81. The van der Waals surface area contributed by atoms with Crippen LogP contribution in [0.25, 0.3) is 0 Å². The molecule has 0 bridgehead atoms. The van der Waals surface area contributed by atoms with E-state index in [4.69, 9.17) is 0 Å². The molecule has 1 aliphatic rings. The summed E-state index contributed by atoms with van der Waals surface area (Å²) < 4.78 is 0. The Balaban J connectivity index is 1.60. The van der Waals surface area contributed by atoms with Gasteiger partial charge in [-0.05, 0) is 36.8 Å². The first-order chi connectivity index (χ1) is 10.8. The molecule has 1 aliphatic carbocycles. The fraction of sp³-hybridized carbons (Fsp3) is 0.421. The smallest absolute Gasteiger partial charge is 0.167 e. The average Bonchev–Trinajstić information content (AvgIpc) is 3.02. The van der Waals surface area contributed by atoms with Gasteiger partial charge in [0, 0.05) is 23.1 Å². The van der Waals surface area contributed by atoms with Crippen molar-refractivity contribution in [3.63, 3.8) is 0 Å². The molecule has 1 fully saturated rings. The van der Waals surface area contributed by atoms with Crippen LogP contribution in [0.5, 0.6) is 0 Å². The Morgan fingerprint density at radius 2 is 1.91 bits per heavy atom. The predicted molar refractivity (Wildman–Crippen MR) is 90.8 cm³/mol. The number of benzene rings is 1. The number of hydrogen-bond acceptors (Lipinski definition) is 3. The molecule has 1 unspecified atom stereocenters. The van der Waals surface area contributed by atoms with E-state index in [0.717, 1.165) is 21.9 Å². The number of aromatic nitrogens is 1. The van der Waals surface area contributed by atoms with Crippen molar-refractivity contribution in [2.75, 3.05) is 0 Å². The monoisotopic (exact) mass is 311 g/mol. The molecule has 0 spiro atoms. The van der Waals surface area contributed by atoms with E-state index in [1.54, 1.807) is 11.3 Å². The lowest BCUT2D eigenvalue weighted by atomic mass is 9.84. The van der Waals surface area contributed by atoms with Gasteiger partial charge in [0.05, 0.1) is 6.10 Å². The SMILES string of the molecule is OC(Cc1cnc(C#Cc2ccccc2)s1)C1CCCCC1. The van der Waals surface area contributed by atoms with Gasteiger partial charge in [-0.25, -0.2) is 4.98 Å². The van der Waals surface area contributed by atoms with Crippen LogP contribution in [0.4, 0.5) is 0 Å². The van der Waals surface area contributed by atoms with E-state index < -0.39 is 0 Å². The van der Waals surface area contributed by atoms with Crippen LogP contribution in [0.2, 0.25) is 0 Å². The maximum Gasteiger partial charge on any atom is 0.167 e. The van der Waals surface area contributed by atoms with E-state index in [1.807, 2.05) is 36.5 Å². The third-order valence-electron chi connectivity index (χ3n) is 4.25. The summed E-state index contributed by atoms with van der Waals surface area (Å²) in [7, 11) is 0. The van der Waals surface area contributed by atoms with Crippen molar-refractivity contribution in [3.8, 4) is 11.8 Å². The van der Waals surface area contributed by atoms with E-state index in [1.165, 1.54) is 32.1 Å². The minimum atomic E-state index is -0.226. The van der Waals surface area contributed by atoms with Gasteiger partial charge in [0.1, 0.15) is 0 Å². The van der Waals surface area contributed by atoms with Crippen molar-refractivity contribution in [1.82, 2.24) is 4.98 Å². The van der Waals surface area contributed by atoms with Crippen molar-refractivity contribution < 1.29 is 5.11 Å². The van der Waals surface area contributed by atoms with Crippen LogP contribution in [0.15, 0.2) is 36.5 Å². The van der Waals surface area contributed by atoms with Crippen LogP contribution in [-0.2, 0) is 6.42 Å². The summed E-state index contributed by atoms with van der Waals surface area (Å²) >= 11 is 1.60. The van der Waals surface area contributed by atoms with E-state index in [2.05, 4.69) is 16.8 Å². The van der Waals surface area contributed by atoms with Gasteiger partial charge < -0.3 is 5.11 Å². The topological polar surface area (TPSA) is 33.1 Å². The molecule has 2 aromatic rings. The molecule has 0 radical (unpaired) electrons. The first-order valence-corrected chi connectivity index (χ1v) is 8.83. The second-order valence-corrected chi connectivity index (χ2v) is 7.03. The summed E-state index contributed by atoms with van der Waals surface area (Å²) in [4.78, 5) is 5.50. The van der Waals surface area contributed by atoms with Crippen molar-refractivity contribution in [1.29, 1.82) is 0 Å². The zero-order valence-electron chi connectivity index (χ0n) is 12.7. The summed E-state index contributed by atoms with van der Waals surface area (Å²) in [5.41, 5.74) is 1.00. The molecule has 1 aromatic carbocycles. The van der Waals surface area contributed by atoms with Crippen molar-refractivity contribution >= 4 is 11.3 Å². The average molecular weight is 311 g/mol. The first kappa shape index (κ1) is 15.3. The second-order valence-electron chi connectivity index (χ2n) is 5.92. The van der Waals surface area contributed by atoms with Crippen molar-refractivity contribution in [2.24, 2.45) is 5.92 Å². The van der Waals surface area contributed by atoms with Crippen molar-refractivity contribution in [3.05, 3.63) is 52.0 Å². The molecule has 1 aromatic heterocycles. The molecular formula is C19H21NOS. The van der Waals surface area contributed by atoms with E-state index >= 15 is 0 Å². The number of nitrogens with zero attached hydrogens (tertiary/aromatic N) is 1. The molecule has 22 heavy (non-hydrogen) atoms. The first-order valence-electron chi connectivity index (χ1n) is 8.01. The molecule has 0 aliphatic heterocycles. The van der Waals surface area contributed by atoms with E-state index in [0.29, 0.717) is 5.92 Å². The molecule has 1 heterocycles. The quantitative estimate of drug-likeness (QED) is 0.868. The second kappa shape index (κ2) is 7.58. The van der Waals surface area contributed by atoms with Gasteiger partial charge in [-0.2, -0.15) is 0 Å². The van der Waals surface area contributed by atoms with Crippen LogP contribution in [0, 0.1) is 17.8 Å². The summed E-state index contributed by atoms with van der Waals surface area (Å²) in [5.74, 6) is 6.70. The maximum atomic E-state index is 10.4. The third kappa shape index (κ3) is 4.19.